The maximum Gasteiger partial charge on any atom is 0.319 e. The first-order chi connectivity index (χ1) is 14.5. The fraction of sp³-hybridized carbons (Fsp3) is 0.545. The van der Waals surface area contributed by atoms with Crippen molar-refractivity contribution in [2.75, 3.05) is 25.0 Å². The fourth-order valence-corrected chi connectivity index (χ4v) is 3.37. The molecule has 0 aliphatic carbocycles. The largest absolute Gasteiger partial charge is 0.339 e. The summed E-state index contributed by atoms with van der Waals surface area (Å²) in [4.78, 5) is 30.9. The van der Waals surface area contributed by atoms with Gasteiger partial charge in [0.15, 0.2) is 5.82 Å². The molecule has 162 valence electrons. The number of anilines is 1. The predicted molar refractivity (Wildman–Crippen MR) is 115 cm³/mol. The molecule has 3 rings (SSSR count). The molecule has 0 atom stereocenters. The second-order valence-electron chi connectivity index (χ2n) is 7.97. The lowest BCUT2D eigenvalue weighted by atomic mass is 10.1. The summed E-state index contributed by atoms with van der Waals surface area (Å²) in [6.07, 6.45) is 5.84. The van der Waals surface area contributed by atoms with Crippen LogP contribution in [0.25, 0.3) is 0 Å². The number of aromatic nitrogens is 2. The summed E-state index contributed by atoms with van der Waals surface area (Å²) in [5.74, 6) is 1.59. The first-order valence-corrected chi connectivity index (χ1v) is 10.8. The molecule has 1 aromatic heterocycles. The van der Waals surface area contributed by atoms with E-state index in [-0.39, 0.29) is 17.9 Å². The number of hydrogen-bond donors (Lipinski definition) is 2. The number of nitrogens with one attached hydrogen (secondary N) is 2. The van der Waals surface area contributed by atoms with Gasteiger partial charge in [0, 0.05) is 43.2 Å². The minimum atomic E-state index is -0.282. The quantitative estimate of drug-likeness (QED) is 0.669. The van der Waals surface area contributed by atoms with E-state index in [1.807, 2.05) is 18.7 Å². The molecule has 30 heavy (non-hydrogen) atoms. The molecule has 1 aliphatic heterocycles. The van der Waals surface area contributed by atoms with Gasteiger partial charge in [-0.15, -0.1) is 0 Å². The second-order valence-corrected chi connectivity index (χ2v) is 7.97. The Bertz CT molecular complexity index is 824. The van der Waals surface area contributed by atoms with E-state index in [1.54, 1.807) is 24.3 Å². The number of aryl methyl sites for hydroxylation is 1. The first-order valence-electron chi connectivity index (χ1n) is 10.8. The van der Waals surface area contributed by atoms with E-state index in [0.29, 0.717) is 42.4 Å². The highest BCUT2D eigenvalue weighted by atomic mass is 16.5. The summed E-state index contributed by atoms with van der Waals surface area (Å²) < 4.78 is 5.19. The van der Waals surface area contributed by atoms with Crippen LogP contribution >= 0.6 is 0 Å². The molecule has 8 heteroatoms. The molecule has 1 aliphatic rings. The van der Waals surface area contributed by atoms with Crippen molar-refractivity contribution in [2.24, 2.45) is 0 Å². The van der Waals surface area contributed by atoms with Crippen molar-refractivity contribution in [3.05, 3.63) is 41.5 Å². The molecule has 0 spiro atoms. The lowest BCUT2D eigenvalue weighted by Crippen LogP contribution is -2.32. The van der Waals surface area contributed by atoms with Crippen LogP contribution in [0.1, 0.15) is 73.9 Å². The number of rotatable bonds is 7. The van der Waals surface area contributed by atoms with E-state index in [4.69, 9.17) is 4.52 Å². The second kappa shape index (κ2) is 10.8. The summed E-state index contributed by atoms with van der Waals surface area (Å²) >= 11 is 0. The average molecular weight is 414 g/mol. The van der Waals surface area contributed by atoms with Crippen LogP contribution in [0.15, 0.2) is 28.8 Å². The predicted octanol–water partition coefficient (Wildman–Crippen LogP) is 3.96. The Kier molecular flexibility index (Phi) is 7.82. The van der Waals surface area contributed by atoms with Crippen molar-refractivity contribution < 1.29 is 14.1 Å². The Morgan fingerprint density at radius 1 is 1.10 bits per heavy atom. The Labute approximate surface area is 177 Å². The van der Waals surface area contributed by atoms with Crippen LogP contribution in [0.5, 0.6) is 0 Å². The smallest absolute Gasteiger partial charge is 0.319 e. The molecule has 1 fully saturated rings. The monoisotopic (exact) mass is 413 g/mol. The van der Waals surface area contributed by atoms with Crippen LogP contribution in [0, 0.1) is 0 Å². The zero-order valence-electron chi connectivity index (χ0n) is 17.8. The Morgan fingerprint density at radius 3 is 2.43 bits per heavy atom. The molecule has 8 nitrogen and oxygen atoms in total. The summed E-state index contributed by atoms with van der Waals surface area (Å²) in [5, 5.41) is 9.53. The Morgan fingerprint density at radius 2 is 1.80 bits per heavy atom. The van der Waals surface area contributed by atoms with Gasteiger partial charge in [0.05, 0.1) is 0 Å². The maximum absolute atomic E-state index is 12.6. The topological polar surface area (TPSA) is 100 Å². The van der Waals surface area contributed by atoms with E-state index < -0.39 is 0 Å². The number of likely N-dealkylation sites (tertiary alicyclic amines) is 1. The highest BCUT2D eigenvalue weighted by Gasteiger charge is 2.17. The van der Waals surface area contributed by atoms with Crippen molar-refractivity contribution in [3.63, 3.8) is 0 Å². The van der Waals surface area contributed by atoms with E-state index in [0.717, 1.165) is 25.9 Å². The number of hydrogen-bond acceptors (Lipinski definition) is 5. The summed E-state index contributed by atoms with van der Waals surface area (Å²) in [7, 11) is 0. The van der Waals surface area contributed by atoms with Crippen LogP contribution in [-0.2, 0) is 6.42 Å². The van der Waals surface area contributed by atoms with Crippen LogP contribution in [-0.4, -0.2) is 46.6 Å². The van der Waals surface area contributed by atoms with E-state index in [9.17, 15) is 9.59 Å². The van der Waals surface area contributed by atoms with Crippen molar-refractivity contribution in [1.82, 2.24) is 20.4 Å². The van der Waals surface area contributed by atoms with Gasteiger partial charge >= 0.3 is 6.03 Å². The highest BCUT2D eigenvalue weighted by molar-refractivity contribution is 5.95. The lowest BCUT2D eigenvalue weighted by molar-refractivity contribution is 0.0761. The molecule has 2 N–H and O–H groups in total. The molecule has 2 heterocycles. The average Bonchev–Trinajstić information content (AvgIpc) is 3.05. The molecule has 0 radical (unpaired) electrons. The Hall–Kier alpha value is -2.90. The number of amides is 3. The Balaban J connectivity index is 1.40. The van der Waals surface area contributed by atoms with Gasteiger partial charge in [-0.05, 0) is 43.5 Å². The normalized spacial score (nSPS) is 14.4. The van der Waals surface area contributed by atoms with Crippen LogP contribution in [0.4, 0.5) is 10.5 Å². The number of benzene rings is 1. The minimum absolute atomic E-state index is 0.0644. The van der Waals surface area contributed by atoms with Gasteiger partial charge in [0.2, 0.25) is 5.89 Å². The zero-order valence-corrected chi connectivity index (χ0v) is 17.8. The van der Waals surface area contributed by atoms with Crippen LogP contribution < -0.4 is 10.6 Å². The number of urea groups is 1. The molecule has 0 bridgehead atoms. The zero-order chi connectivity index (χ0) is 21.3. The molecule has 1 aromatic carbocycles. The number of nitrogens with zero attached hydrogens (tertiary/aromatic N) is 3. The highest BCUT2D eigenvalue weighted by Crippen LogP contribution is 2.16. The molecule has 0 saturated carbocycles. The van der Waals surface area contributed by atoms with Crippen molar-refractivity contribution in [2.45, 2.75) is 58.3 Å². The fourth-order valence-electron chi connectivity index (χ4n) is 3.37. The van der Waals surface area contributed by atoms with E-state index in [1.165, 1.54) is 12.8 Å². The first kappa shape index (κ1) is 21.8. The molecule has 1 saturated heterocycles. The maximum atomic E-state index is 12.6. The third kappa shape index (κ3) is 6.30. The molecule has 3 amide bonds. The number of carbonyl (C=O) groups excluding carboxylic acids is 2. The SMILES string of the molecule is CC(C)c1noc(CCCNC(=O)Nc2ccc(C(=O)N3CCCCCC3)cc2)n1. The van der Waals surface area contributed by atoms with Gasteiger partial charge in [0.1, 0.15) is 0 Å². The molecular formula is C22H31N5O3. The van der Waals surface area contributed by atoms with Gasteiger partial charge in [0.25, 0.3) is 5.91 Å². The molecule has 2 aromatic rings. The van der Waals surface area contributed by atoms with Gasteiger partial charge in [-0.3, -0.25) is 4.79 Å². The lowest BCUT2D eigenvalue weighted by Gasteiger charge is -2.20. The third-order valence-corrected chi connectivity index (χ3v) is 5.14. The summed E-state index contributed by atoms with van der Waals surface area (Å²) in [5.41, 5.74) is 1.31. The van der Waals surface area contributed by atoms with Gasteiger partial charge in [-0.1, -0.05) is 31.8 Å². The van der Waals surface area contributed by atoms with Crippen molar-refractivity contribution >= 4 is 17.6 Å². The standard InChI is InChI=1S/C22H31N5O3/c1-16(2)20-25-19(30-26-20)8-7-13-23-22(29)24-18-11-9-17(10-12-18)21(28)27-14-5-3-4-6-15-27/h9-12,16H,3-8,13-15H2,1-2H3,(H2,23,24,29). The minimum Gasteiger partial charge on any atom is -0.339 e. The number of carbonyl (C=O) groups is 2. The summed E-state index contributed by atoms with van der Waals surface area (Å²) in [6.45, 7) is 6.17. The third-order valence-electron chi connectivity index (χ3n) is 5.14. The molecule has 0 unspecified atom stereocenters. The van der Waals surface area contributed by atoms with E-state index in [2.05, 4.69) is 20.8 Å². The van der Waals surface area contributed by atoms with Gasteiger partial charge in [-0.2, -0.15) is 4.98 Å². The van der Waals surface area contributed by atoms with Crippen molar-refractivity contribution in [3.8, 4) is 0 Å². The molecular weight excluding hydrogens is 382 g/mol. The van der Waals surface area contributed by atoms with E-state index >= 15 is 0 Å². The van der Waals surface area contributed by atoms with Gasteiger partial charge in [-0.25, -0.2) is 4.79 Å². The summed E-state index contributed by atoms with van der Waals surface area (Å²) in [6, 6.07) is 6.78. The van der Waals surface area contributed by atoms with Crippen LogP contribution in [0.3, 0.4) is 0 Å². The van der Waals surface area contributed by atoms with Gasteiger partial charge < -0.3 is 20.1 Å². The van der Waals surface area contributed by atoms with Crippen molar-refractivity contribution in [1.29, 1.82) is 0 Å². The van der Waals surface area contributed by atoms with Crippen LogP contribution in [0.2, 0.25) is 0 Å².